The van der Waals surface area contributed by atoms with Crippen LogP contribution >= 0.6 is 0 Å². The Morgan fingerprint density at radius 1 is 1.09 bits per heavy atom. The summed E-state index contributed by atoms with van der Waals surface area (Å²) in [5, 5.41) is 6.32. The second kappa shape index (κ2) is 6.84. The summed E-state index contributed by atoms with van der Waals surface area (Å²) in [4.78, 5) is 18.0. The molecule has 0 unspecified atom stereocenters. The SMILES string of the molecule is CCN(CC)CCNC(=O)c1c[nH]c2c1ccc1ccccc12. The molecule has 0 aliphatic heterocycles. The first kappa shape index (κ1) is 15.6. The number of amides is 1. The van der Waals surface area contributed by atoms with Crippen LogP contribution in [0.25, 0.3) is 21.7 Å². The van der Waals surface area contributed by atoms with Gasteiger partial charge in [-0.15, -0.1) is 0 Å². The minimum atomic E-state index is -0.0151. The molecule has 120 valence electrons. The van der Waals surface area contributed by atoms with Crippen LogP contribution in [0.15, 0.2) is 42.6 Å². The Morgan fingerprint density at radius 2 is 1.87 bits per heavy atom. The molecule has 2 aromatic carbocycles. The Labute approximate surface area is 136 Å². The number of nitrogens with zero attached hydrogens (tertiary/aromatic N) is 1. The molecular weight excluding hydrogens is 286 g/mol. The number of benzene rings is 2. The highest BCUT2D eigenvalue weighted by molar-refractivity contribution is 6.14. The van der Waals surface area contributed by atoms with Gasteiger partial charge in [-0.05, 0) is 18.5 Å². The third kappa shape index (κ3) is 3.08. The van der Waals surface area contributed by atoms with E-state index in [1.165, 1.54) is 5.39 Å². The molecule has 0 fully saturated rings. The number of hydrogen-bond donors (Lipinski definition) is 2. The maximum atomic E-state index is 12.5. The Kier molecular flexibility index (Phi) is 4.63. The van der Waals surface area contributed by atoms with E-state index in [2.05, 4.69) is 47.2 Å². The summed E-state index contributed by atoms with van der Waals surface area (Å²) in [5.41, 5.74) is 1.74. The minimum absolute atomic E-state index is 0.0151. The molecule has 1 heterocycles. The zero-order valence-corrected chi connectivity index (χ0v) is 13.7. The van der Waals surface area contributed by atoms with Crippen LogP contribution in [-0.2, 0) is 0 Å². The van der Waals surface area contributed by atoms with Crippen LogP contribution in [-0.4, -0.2) is 42.0 Å². The van der Waals surface area contributed by atoms with E-state index in [1.54, 1.807) is 0 Å². The van der Waals surface area contributed by atoms with Crippen molar-refractivity contribution < 1.29 is 4.79 Å². The van der Waals surface area contributed by atoms with Gasteiger partial charge in [-0.1, -0.05) is 50.2 Å². The summed E-state index contributed by atoms with van der Waals surface area (Å²) in [5.74, 6) is -0.0151. The van der Waals surface area contributed by atoms with Crippen LogP contribution in [0.1, 0.15) is 24.2 Å². The fourth-order valence-electron chi connectivity index (χ4n) is 3.02. The largest absolute Gasteiger partial charge is 0.360 e. The van der Waals surface area contributed by atoms with Gasteiger partial charge >= 0.3 is 0 Å². The molecule has 4 heteroatoms. The molecule has 3 aromatic rings. The zero-order valence-electron chi connectivity index (χ0n) is 13.7. The molecule has 3 rings (SSSR count). The van der Waals surface area contributed by atoms with Crippen molar-refractivity contribution in [1.82, 2.24) is 15.2 Å². The normalized spacial score (nSPS) is 11.4. The summed E-state index contributed by atoms with van der Waals surface area (Å²) in [7, 11) is 0. The average molecular weight is 309 g/mol. The number of carbonyl (C=O) groups excluding carboxylic acids is 1. The number of carbonyl (C=O) groups is 1. The Hall–Kier alpha value is -2.33. The van der Waals surface area contributed by atoms with Gasteiger partial charge in [0, 0.05) is 30.1 Å². The lowest BCUT2D eigenvalue weighted by molar-refractivity contribution is 0.0950. The Bertz CT molecular complexity index is 818. The first-order valence-corrected chi connectivity index (χ1v) is 8.24. The van der Waals surface area contributed by atoms with E-state index < -0.39 is 0 Å². The van der Waals surface area contributed by atoms with Gasteiger partial charge in [0.05, 0.1) is 11.1 Å². The molecule has 2 N–H and O–H groups in total. The van der Waals surface area contributed by atoms with Gasteiger partial charge in [-0.2, -0.15) is 0 Å². The fourth-order valence-corrected chi connectivity index (χ4v) is 3.02. The summed E-state index contributed by atoms with van der Waals surface area (Å²) >= 11 is 0. The van der Waals surface area contributed by atoms with Crippen molar-refractivity contribution in [2.75, 3.05) is 26.2 Å². The molecule has 4 nitrogen and oxygen atoms in total. The maximum absolute atomic E-state index is 12.5. The monoisotopic (exact) mass is 309 g/mol. The third-order valence-electron chi connectivity index (χ3n) is 4.43. The predicted octanol–water partition coefficient (Wildman–Crippen LogP) is 3.39. The molecule has 23 heavy (non-hydrogen) atoms. The van der Waals surface area contributed by atoms with Crippen molar-refractivity contribution >= 4 is 27.6 Å². The first-order valence-electron chi connectivity index (χ1n) is 8.24. The summed E-state index contributed by atoms with van der Waals surface area (Å²) in [6.45, 7) is 7.83. The molecule has 0 aliphatic rings. The van der Waals surface area contributed by atoms with Crippen molar-refractivity contribution in [1.29, 1.82) is 0 Å². The quantitative estimate of drug-likeness (QED) is 0.733. The van der Waals surface area contributed by atoms with Gasteiger partial charge in [-0.25, -0.2) is 0 Å². The highest BCUT2D eigenvalue weighted by atomic mass is 16.1. The topological polar surface area (TPSA) is 48.1 Å². The van der Waals surface area contributed by atoms with Crippen molar-refractivity contribution in [3.63, 3.8) is 0 Å². The zero-order chi connectivity index (χ0) is 16.2. The second-order valence-electron chi connectivity index (χ2n) is 5.69. The second-order valence-corrected chi connectivity index (χ2v) is 5.69. The van der Waals surface area contributed by atoms with Gasteiger partial charge in [0.15, 0.2) is 0 Å². The molecule has 0 bridgehead atoms. The highest BCUT2D eigenvalue weighted by Crippen LogP contribution is 2.26. The molecule has 0 radical (unpaired) electrons. The van der Waals surface area contributed by atoms with Crippen molar-refractivity contribution in [2.45, 2.75) is 13.8 Å². The van der Waals surface area contributed by atoms with E-state index in [0.717, 1.165) is 35.9 Å². The fraction of sp³-hybridized carbons (Fsp3) is 0.316. The van der Waals surface area contributed by atoms with Crippen LogP contribution in [0, 0.1) is 0 Å². The number of aromatic amines is 1. The Morgan fingerprint density at radius 3 is 2.65 bits per heavy atom. The van der Waals surface area contributed by atoms with E-state index in [0.29, 0.717) is 12.1 Å². The molecule has 1 amide bonds. The van der Waals surface area contributed by atoms with Crippen molar-refractivity contribution in [3.05, 3.63) is 48.2 Å². The number of fused-ring (bicyclic) bond motifs is 3. The molecule has 0 spiro atoms. The molecule has 0 aliphatic carbocycles. The summed E-state index contributed by atoms with van der Waals surface area (Å²) in [6.07, 6.45) is 1.81. The van der Waals surface area contributed by atoms with Crippen molar-refractivity contribution in [2.24, 2.45) is 0 Å². The lowest BCUT2D eigenvalue weighted by Gasteiger charge is -2.17. The maximum Gasteiger partial charge on any atom is 0.253 e. The van der Waals surface area contributed by atoms with Gasteiger partial charge in [0.25, 0.3) is 5.91 Å². The lowest BCUT2D eigenvalue weighted by Crippen LogP contribution is -2.34. The summed E-state index contributed by atoms with van der Waals surface area (Å²) < 4.78 is 0. The number of hydrogen-bond acceptors (Lipinski definition) is 2. The smallest absolute Gasteiger partial charge is 0.253 e. The molecule has 0 saturated carbocycles. The first-order chi connectivity index (χ1) is 11.2. The molecule has 0 atom stereocenters. The lowest BCUT2D eigenvalue weighted by atomic mass is 10.1. The van der Waals surface area contributed by atoms with E-state index in [-0.39, 0.29) is 5.91 Å². The van der Waals surface area contributed by atoms with Crippen LogP contribution in [0.2, 0.25) is 0 Å². The van der Waals surface area contributed by atoms with E-state index in [4.69, 9.17) is 0 Å². The van der Waals surface area contributed by atoms with Gasteiger partial charge in [0.2, 0.25) is 0 Å². The van der Waals surface area contributed by atoms with E-state index >= 15 is 0 Å². The number of likely N-dealkylation sites (N-methyl/N-ethyl adjacent to an activating group) is 1. The number of rotatable bonds is 6. The van der Waals surface area contributed by atoms with Crippen LogP contribution in [0.3, 0.4) is 0 Å². The van der Waals surface area contributed by atoms with Gasteiger partial charge < -0.3 is 15.2 Å². The average Bonchev–Trinajstić information content (AvgIpc) is 3.03. The number of nitrogens with one attached hydrogen (secondary N) is 2. The number of aromatic nitrogens is 1. The van der Waals surface area contributed by atoms with E-state index in [1.807, 2.05) is 24.4 Å². The van der Waals surface area contributed by atoms with Gasteiger partial charge in [0.1, 0.15) is 0 Å². The molecular formula is C19H23N3O. The van der Waals surface area contributed by atoms with Gasteiger partial charge in [-0.3, -0.25) is 4.79 Å². The summed E-state index contributed by atoms with van der Waals surface area (Å²) in [6, 6.07) is 12.3. The third-order valence-corrected chi connectivity index (χ3v) is 4.43. The standard InChI is InChI=1S/C19H23N3O/c1-3-22(4-2)12-11-20-19(23)17-13-21-18-15-8-6-5-7-14(15)9-10-16(17)18/h5-10,13,21H,3-4,11-12H2,1-2H3,(H,20,23). The minimum Gasteiger partial charge on any atom is -0.360 e. The predicted molar refractivity (Wildman–Crippen MR) is 95.9 cm³/mol. The highest BCUT2D eigenvalue weighted by Gasteiger charge is 2.13. The van der Waals surface area contributed by atoms with Crippen LogP contribution in [0.4, 0.5) is 0 Å². The Balaban J connectivity index is 1.80. The molecule has 0 saturated heterocycles. The van der Waals surface area contributed by atoms with Crippen molar-refractivity contribution in [3.8, 4) is 0 Å². The van der Waals surface area contributed by atoms with Crippen LogP contribution < -0.4 is 5.32 Å². The number of H-pyrrole nitrogens is 1. The van der Waals surface area contributed by atoms with Crippen LogP contribution in [0.5, 0.6) is 0 Å². The van der Waals surface area contributed by atoms with E-state index in [9.17, 15) is 4.79 Å². The molecule has 1 aromatic heterocycles.